The quantitative estimate of drug-likeness (QED) is 0.807. The van der Waals surface area contributed by atoms with E-state index in [1.54, 1.807) is 0 Å². The van der Waals surface area contributed by atoms with Gasteiger partial charge in [0.05, 0.1) is 0 Å². The van der Waals surface area contributed by atoms with Crippen LogP contribution in [0.2, 0.25) is 0 Å². The summed E-state index contributed by atoms with van der Waals surface area (Å²) in [5.41, 5.74) is 2.20. The van der Waals surface area contributed by atoms with Gasteiger partial charge in [0.2, 0.25) is 17.7 Å². The number of hydrogen-bond donors (Lipinski definition) is 2. The van der Waals surface area contributed by atoms with Crippen molar-refractivity contribution in [1.82, 2.24) is 15.2 Å². The minimum atomic E-state index is -0.302. The highest BCUT2D eigenvalue weighted by Crippen LogP contribution is 2.17. The molecule has 0 atom stereocenters. The average Bonchev–Trinajstić information content (AvgIpc) is 3.06. The van der Waals surface area contributed by atoms with E-state index in [1.807, 2.05) is 30.5 Å². The fraction of sp³-hybridized carbons (Fsp3) is 0.312. The molecular formula is C16H17N3O3. The van der Waals surface area contributed by atoms with Gasteiger partial charge in [-0.2, -0.15) is 0 Å². The Kier molecular flexibility index (Phi) is 3.91. The van der Waals surface area contributed by atoms with Crippen LogP contribution in [0.3, 0.4) is 0 Å². The third-order valence-electron chi connectivity index (χ3n) is 3.85. The van der Waals surface area contributed by atoms with Crippen molar-refractivity contribution in [1.29, 1.82) is 0 Å². The number of rotatable bonds is 5. The molecule has 6 nitrogen and oxygen atoms in total. The van der Waals surface area contributed by atoms with Crippen LogP contribution < -0.4 is 5.32 Å². The van der Waals surface area contributed by atoms with Crippen molar-refractivity contribution >= 4 is 28.6 Å². The maximum absolute atomic E-state index is 11.8. The predicted octanol–water partition coefficient (Wildman–Crippen LogP) is 0.976. The van der Waals surface area contributed by atoms with Crippen molar-refractivity contribution in [2.24, 2.45) is 0 Å². The summed E-state index contributed by atoms with van der Waals surface area (Å²) in [6.07, 6.45) is 3.05. The van der Waals surface area contributed by atoms with E-state index in [0.717, 1.165) is 21.4 Å². The molecule has 1 aromatic carbocycles. The summed E-state index contributed by atoms with van der Waals surface area (Å²) in [5, 5.41) is 3.90. The monoisotopic (exact) mass is 299 g/mol. The lowest BCUT2D eigenvalue weighted by Crippen LogP contribution is -2.40. The molecule has 0 aliphatic carbocycles. The van der Waals surface area contributed by atoms with E-state index < -0.39 is 0 Å². The Morgan fingerprint density at radius 3 is 2.68 bits per heavy atom. The molecule has 6 heteroatoms. The highest BCUT2D eigenvalue weighted by molar-refractivity contribution is 6.04. The van der Waals surface area contributed by atoms with Gasteiger partial charge < -0.3 is 10.3 Å². The number of amides is 3. The number of aromatic amines is 1. The van der Waals surface area contributed by atoms with Crippen LogP contribution in [0.1, 0.15) is 18.4 Å². The smallest absolute Gasteiger partial charge is 0.240 e. The summed E-state index contributed by atoms with van der Waals surface area (Å²) in [6.45, 7) is 0.294. The van der Waals surface area contributed by atoms with Crippen molar-refractivity contribution in [2.45, 2.75) is 19.3 Å². The average molecular weight is 299 g/mol. The van der Waals surface area contributed by atoms with Crippen molar-refractivity contribution in [3.63, 3.8) is 0 Å². The van der Waals surface area contributed by atoms with Gasteiger partial charge >= 0.3 is 0 Å². The molecule has 0 saturated carbocycles. The maximum atomic E-state index is 11.8. The van der Waals surface area contributed by atoms with Gasteiger partial charge in [0.15, 0.2) is 0 Å². The molecule has 0 bridgehead atoms. The zero-order valence-electron chi connectivity index (χ0n) is 12.1. The molecule has 2 N–H and O–H groups in total. The van der Waals surface area contributed by atoms with E-state index in [4.69, 9.17) is 0 Å². The molecule has 0 spiro atoms. The van der Waals surface area contributed by atoms with Crippen LogP contribution in [0.5, 0.6) is 0 Å². The molecule has 0 unspecified atom stereocenters. The second-order valence-corrected chi connectivity index (χ2v) is 5.33. The van der Waals surface area contributed by atoms with Gasteiger partial charge in [-0.3, -0.25) is 19.3 Å². The van der Waals surface area contributed by atoms with E-state index in [-0.39, 0.29) is 37.1 Å². The molecule has 0 radical (unpaired) electrons. The van der Waals surface area contributed by atoms with Gasteiger partial charge in [0.1, 0.15) is 6.54 Å². The van der Waals surface area contributed by atoms with Crippen molar-refractivity contribution in [2.75, 3.05) is 13.1 Å². The van der Waals surface area contributed by atoms with Crippen LogP contribution in [-0.4, -0.2) is 40.7 Å². The first-order valence-electron chi connectivity index (χ1n) is 7.30. The second kappa shape index (κ2) is 6.01. The number of H-pyrrole nitrogens is 1. The standard InChI is InChI=1S/C16H17N3O3/c20-14(10-19-15(21)5-6-16(19)22)17-8-7-11-9-18-13-4-2-1-3-12(11)13/h1-4,9,18H,5-8,10H2,(H,17,20). The Morgan fingerprint density at radius 2 is 1.91 bits per heavy atom. The van der Waals surface area contributed by atoms with Gasteiger partial charge in [0, 0.05) is 36.5 Å². The molecule has 3 amide bonds. The molecule has 1 saturated heterocycles. The zero-order chi connectivity index (χ0) is 15.5. The zero-order valence-corrected chi connectivity index (χ0v) is 12.1. The Hall–Kier alpha value is -2.63. The summed E-state index contributed by atoms with van der Waals surface area (Å²) in [5.74, 6) is -0.836. The SMILES string of the molecule is O=C(CN1C(=O)CCC1=O)NCCc1c[nH]c2ccccc12. The van der Waals surface area contributed by atoms with Crippen molar-refractivity contribution in [3.05, 3.63) is 36.0 Å². The highest BCUT2D eigenvalue weighted by atomic mass is 16.2. The fourth-order valence-electron chi connectivity index (χ4n) is 2.67. The third kappa shape index (κ3) is 2.86. The van der Waals surface area contributed by atoms with Gasteiger partial charge in [-0.15, -0.1) is 0 Å². The lowest BCUT2D eigenvalue weighted by atomic mass is 10.1. The van der Waals surface area contributed by atoms with Crippen molar-refractivity contribution < 1.29 is 14.4 Å². The van der Waals surface area contributed by atoms with E-state index in [1.165, 1.54) is 0 Å². The van der Waals surface area contributed by atoms with Crippen LogP contribution in [-0.2, 0) is 20.8 Å². The van der Waals surface area contributed by atoms with Crippen LogP contribution in [0.25, 0.3) is 10.9 Å². The number of likely N-dealkylation sites (tertiary alicyclic amines) is 1. The molecule has 1 aromatic heterocycles. The van der Waals surface area contributed by atoms with Gasteiger partial charge in [0.25, 0.3) is 0 Å². The van der Waals surface area contributed by atoms with E-state index in [0.29, 0.717) is 13.0 Å². The summed E-state index contributed by atoms with van der Waals surface area (Å²) >= 11 is 0. The summed E-state index contributed by atoms with van der Waals surface area (Å²) in [6, 6.07) is 7.98. The third-order valence-corrected chi connectivity index (χ3v) is 3.85. The Balaban J connectivity index is 1.51. The van der Waals surface area contributed by atoms with Gasteiger partial charge in [-0.25, -0.2) is 0 Å². The number of hydrogen-bond acceptors (Lipinski definition) is 3. The first kappa shape index (κ1) is 14.3. The number of carbonyl (C=O) groups excluding carboxylic acids is 3. The molecule has 1 aliphatic rings. The van der Waals surface area contributed by atoms with Crippen LogP contribution in [0, 0.1) is 0 Å². The largest absolute Gasteiger partial charge is 0.361 e. The summed E-state index contributed by atoms with van der Waals surface area (Å²) in [4.78, 5) is 38.9. The topological polar surface area (TPSA) is 82.3 Å². The molecule has 22 heavy (non-hydrogen) atoms. The molecular weight excluding hydrogens is 282 g/mol. The molecule has 2 heterocycles. The Labute approximate surface area is 127 Å². The number of para-hydroxylation sites is 1. The van der Waals surface area contributed by atoms with Crippen LogP contribution in [0.4, 0.5) is 0 Å². The van der Waals surface area contributed by atoms with Crippen molar-refractivity contribution in [3.8, 4) is 0 Å². The van der Waals surface area contributed by atoms with Crippen LogP contribution in [0.15, 0.2) is 30.5 Å². The number of imide groups is 1. The number of nitrogens with one attached hydrogen (secondary N) is 2. The van der Waals surface area contributed by atoms with E-state index in [9.17, 15) is 14.4 Å². The molecule has 3 rings (SSSR count). The summed E-state index contributed by atoms with van der Waals surface area (Å²) in [7, 11) is 0. The molecule has 1 aliphatic heterocycles. The predicted molar refractivity (Wildman–Crippen MR) is 81.0 cm³/mol. The second-order valence-electron chi connectivity index (χ2n) is 5.33. The number of carbonyl (C=O) groups is 3. The van der Waals surface area contributed by atoms with Gasteiger partial charge in [-0.1, -0.05) is 18.2 Å². The normalized spacial score (nSPS) is 14.8. The number of benzene rings is 1. The minimum absolute atomic E-state index is 0.175. The van der Waals surface area contributed by atoms with E-state index in [2.05, 4.69) is 10.3 Å². The molecule has 114 valence electrons. The fourth-order valence-corrected chi connectivity index (χ4v) is 2.67. The van der Waals surface area contributed by atoms with Crippen LogP contribution >= 0.6 is 0 Å². The number of nitrogens with zero attached hydrogens (tertiary/aromatic N) is 1. The minimum Gasteiger partial charge on any atom is -0.361 e. The van der Waals surface area contributed by atoms with E-state index >= 15 is 0 Å². The lowest BCUT2D eigenvalue weighted by Gasteiger charge is -2.13. The maximum Gasteiger partial charge on any atom is 0.240 e. The first-order chi connectivity index (χ1) is 10.6. The number of aromatic nitrogens is 1. The molecule has 1 fully saturated rings. The highest BCUT2D eigenvalue weighted by Gasteiger charge is 2.30. The summed E-state index contributed by atoms with van der Waals surface area (Å²) < 4.78 is 0. The Bertz CT molecular complexity index is 719. The first-order valence-corrected chi connectivity index (χ1v) is 7.30. The Morgan fingerprint density at radius 1 is 1.18 bits per heavy atom. The van der Waals surface area contributed by atoms with Gasteiger partial charge in [-0.05, 0) is 18.1 Å². The lowest BCUT2D eigenvalue weighted by molar-refractivity contribution is -0.142. The molecule has 2 aromatic rings. The number of fused-ring (bicyclic) bond motifs is 1.